The Morgan fingerprint density at radius 3 is 2.56 bits per heavy atom. The molecule has 0 bridgehead atoms. The minimum atomic E-state index is -0.0177. The largest absolute Gasteiger partial charge is 0.508 e. The lowest BCUT2D eigenvalue weighted by atomic mass is 9.85. The van der Waals surface area contributed by atoms with Crippen LogP contribution in [-0.2, 0) is 0 Å². The Bertz CT molecular complexity index is 1130. The van der Waals surface area contributed by atoms with Crippen molar-refractivity contribution in [1.29, 1.82) is 0 Å². The van der Waals surface area contributed by atoms with Crippen LogP contribution in [0.5, 0.6) is 5.75 Å². The molecule has 6 heteroatoms. The van der Waals surface area contributed by atoms with Gasteiger partial charge >= 0.3 is 0 Å². The first kappa shape index (κ1) is 22.2. The molecule has 168 valence electrons. The number of fused-ring (bicyclic) bond motifs is 1. The number of aromatic hydroxyl groups is 1. The lowest BCUT2D eigenvalue weighted by molar-refractivity contribution is 0.101. The molecule has 2 heterocycles. The van der Waals surface area contributed by atoms with Crippen LogP contribution < -0.4 is 5.32 Å². The van der Waals surface area contributed by atoms with Crippen molar-refractivity contribution < 1.29 is 9.90 Å². The summed E-state index contributed by atoms with van der Waals surface area (Å²) in [5.41, 5.74) is 5.36. The van der Waals surface area contributed by atoms with Gasteiger partial charge in [0.25, 0.3) is 0 Å². The van der Waals surface area contributed by atoms with E-state index in [2.05, 4.69) is 29.3 Å². The highest BCUT2D eigenvalue weighted by Crippen LogP contribution is 2.33. The van der Waals surface area contributed by atoms with Crippen LogP contribution in [0.15, 0.2) is 36.5 Å². The number of hydrogen-bond acceptors (Lipinski definition) is 6. The predicted molar refractivity (Wildman–Crippen MR) is 129 cm³/mol. The van der Waals surface area contributed by atoms with Gasteiger partial charge in [-0.15, -0.1) is 0 Å². The van der Waals surface area contributed by atoms with Crippen molar-refractivity contribution in [3.63, 3.8) is 0 Å². The highest BCUT2D eigenvalue weighted by Gasteiger charge is 2.24. The molecule has 1 aliphatic rings. The van der Waals surface area contributed by atoms with Crippen LogP contribution in [-0.4, -0.2) is 52.4 Å². The van der Waals surface area contributed by atoms with Gasteiger partial charge in [-0.3, -0.25) is 9.78 Å². The fourth-order valence-corrected chi connectivity index (χ4v) is 4.66. The Kier molecular flexibility index (Phi) is 6.42. The third-order valence-corrected chi connectivity index (χ3v) is 6.40. The van der Waals surface area contributed by atoms with E-state index in [4.69, 9.17) is 4.98 Å². The molecule has 0 amide bonds. The van der Waals surface area contributed by atoms with Gasteiger partial charge < -0.3 is 15.3 Å². The molecule has 6 nitrogen and oxygen atoms in total. The van der Waals surface area contributed by atoms with Crippen molar-refractivity contribution in [2.45, 2.75) is 45.6 Å². The number of nitrogens with zero attached hydrogens (tertiary/aromatic N) is 3. The van der Waals surface area contributed by atoms with Gasteiger partial charge in [0, 0.05) is 24.3 Å². The number of benzene rings is 1. The van der Waals surface area contributed by atoms with E-state index in [0.29, 0.717) is 11.6 Å². The maximum absolute atomic E-state index is 12.4. The summed E-state index contributed by atoms with van der Waals surface area (Å²) in [6, 6.07) is 9.67. The van der Waals surface area contributed by atoms with E-state index in [0.717, 1.165) is 58.8 Å². The molecule has 0 radical (unpaired) electrons. The lowest BCUT2D eigenvalue weighted by Crippen LogP contribution is -2.31. The molecule has 1 fully saturated rings. The number of carbonyl (C=O) groups is 1. The summed E-state index contributed by atoms with van der Waals surface area (Å²) >= 11 is 0. The summed E-state index contributed by atoms with van der Waals surface area (Å²) in [7, 11) is 4.26. The Balaban J connectivity index is 1.68. The number of ketones is 1. The molecule has 1 aromatic carbocycles. The zero-order chi connectivity index (χ0) is 22.8. The molecule has 3 aromatic rings. The van der Waals surface area contributed by atoms with Crippen molar-refractivity contribution in [2.75, 3.05) is 26.0 Å². The number of phenolic OH excluding ortho intramolecular Hbond substituents is 1. The van der Waals surface area contributed by atoms with Crippen molar-refractivity contribution in [2.24, 2.45) is 5.92 Å². The number of Topliss-reactive ketones (excluding diaryl/α,β-unsaturated/α-hetero) is 1. The number of hydrogen-bond donors (Lipinski definition) is 2. The van der Waals surface area contributed by atoms with Gasteiger partial charge in [0.05, 0.1) is 22.5 Å². The zero-order valence-corrected chi connectivity index (χ0v) is 19.4. The Morgan fingerprint density at radius 2 is 1.91 bits per heavy atom. The lowest BCUT2D eigenvalue weighted by Gasteiger charge is -2.31. The molecule has 2 N–H and O–H groups in total. The van der Waals surface area contributed by atoms with E-state index in [1.165, 1.54) is 12.8 Å². The standard InChI is InChI=1S/C26H32N4O2/c1-16-13-19(7-12-24(16)32)22-10-11-23-26(29-22)25(21(14-27-23)17(2)31)28-20-8-5-18(6-9-20)15-30(3)4/h7,10-14,18,20,32H,5-6,8-9,15H2,1-4H3,(H,27,28). The second-order valence-corrected chi connectivity index (χ2v) is 9.29. The SMILES string of the molecule is CC(=O)c1cnc2ccc(-c3ccc(O)c(C)c3)nc2c1NC1CCC(CN(C)C)CC1. The minimum Gasteiger partial charge on any atom is -0.508 e. The van der Waals surface area contributed by atoms with Crippen LogP contribution in [0.2, 0.25) is 0 Å². The molecule has 2 aromatic heterocycles. The molecule has 4 rings (SSSR count). The average Bonchev–Trinajstić information content (AvgIpc) is 2.76. The first-order chi connectivity index (χ1) is 15.3. The van der Waals surface area contributed by atoms with E-state index in [1.807, 2.05) is 31.2 Å². The maximum atomic E-state index is 12.4. The van der Waals surface area contributed by atoms with Crippen molar-refractivity contribution >= 4 is 22.5 Å². The molecule has 32 heavy (non-hydrogen) atoms. The van der Waals surface area contributed by atoms with Crippen molar-refractivity contribution in [3.8, 4) is 17.0 Å². The van der Waals surface area contributed by atoms with Gasteiger partial charge in [-0.1, -0.05) is 0 Å². The number of aryl methyl sites for hydroxylation is 1. The molecule has 0 atom stereocenters. The maximum Gasteiger partial charge on any atom is 0.163 e. The molecule has 1 saturated carbocycles. The van der Waals surface area contributed by atoms with E-state index in [9.17, 15) is 9.90 Å². The highest BCUT2D eigenvalue weighted by atomic mass is 16.3. The Hall–Kier alpha value is -2.99. The molecule has 1 aliphatic carbocycles. The molecule has 0 saturated heterocycles. The first-order valence-electron chi connectivity index (χ1n) is 11.3. The number of anilines is 1. The van der Waals surface area contributed by atoms with Gasteiger partial charge in [0.15, 0.2) is 5.78 Å². The monoisotopic (exact) mass is 432 g/mol. The van der Waals surface area contributed by atoms with E-state index < -0.39 is 0 Å². The molecule has 0 spiro atoms. The Labute approximate surface area is 189 Å². The molecular formula is C26H32N4O2. The summed E-state index contributed by atoms with van der Waals surface area (Å²) in [6.45, 7) is 4.57. The van der Waals surface area contributed by atoms with Crippen LogP contribution in [0.1, 0.15) is 48.5 Å². The van der Waals surface area contributed by atoms with E-state index >= 15 is 0 Å². The van der Waals surface area contributed by atoms with Crippen LogP contribution in [0, 0.1) is 12.8 Å². The summed E-state index contributed by atoms with van der Waals surface area (Å²) in [6.07, 6.45) is 6.18. The normalized spacial score (nSPS) is 18.8. The number of carbonyl (C=O) groups excluding carboxylic acids is 1. The number of pyridine rings is 2. The summed E-state index contributed by atoms with van der Waals surface area (Å²) in [5.74, 6) is 0.977. The van der Waals surface area contributed by atoms with Gasteiger partial charge in [0.1, 0.15) is 11.3 Å². The van der Waals surface area contributed by atoms with E-state index in [-0.39, 0.29) is 11.5 Å². The second kappa shape index (κ2) is 9.25. The summed E-state index contributed by atoms with van der Waals surface area (Å²) in [4.78, 5) is 24.1. The van der Waals surface area contributed by atoms with Crippen LogP contribution in [0.3, 0.4) is 0 Å². The Morgan fingerprint density at radius 1 is 1.16 bits per heavy atom. The van der Waals surface area contributed by atoms with Crippen molar-refractivity contribution in [1.82, 2.24) is 14.9 Å². The fraction of sp³-hybridized carbons (Fsp3) is 0.423. The second-order valence-electron chi connectivity index (χ2n) is 9.29. The minimum absolute atomic E-state index is 0.0177. The van der Waals surface area contributed by atoms with E-state index in [1.54, 1.807) is 19.2 Å². The first-order valence-corrected chi connectivity index (χ1v) is 11.3. The number of rotatable bonds is 6. The number of aromatic nitrogens is 2. The van der Waals surface area contributed by atoms with Crippen LogP contribution in [0.4, 0.5) is 5.69 Å². The van der Waals surface area contributed by atoms with Crippen molar-refractivity contribution in [3.05, 3.63) is 47.7 Å². The van der Waals surface area contributed by atoms with Gasteiger partial charge in [0.2, 0.25) is 0 Å². The van der Waals surface area contributed by atoms with Crippen LogP contribution >= 0.6 is 0 Å². The summed E-state index contributed by atoms with van der Waals surface area (Å²) < 4.78 is 0. The highest BCUT2D eigenvalue weighted by molar-refractivity contribution is 6.06. The van der Waals surface area contributed by atoms with Crippen LogP contribution in [0.25, 0.3) is 22.3 Å². The molecule has 0 unspecified atom stereocenters. The molecule has 0 aliphatic heterocycles. The average molecular weight is 433 g/mol. The van der Waals surface area contributed by atoms with Gasteiger partial charge in [-0.05, 0) is 95.4 Å². The van der Waals surface area contributed by atoms with Gasteiger partial charge in [-0.25, -0.2) is 4.98 Å². The third-order valence-electron chi connectivity index (χ3n) is 6.40. The number of nitrogens with one attached hydrogen (secondary N) is 1. The predicted octanol–water partition coefficient (Wildman–Crippen LogP) is 5.05. The molecular weight excluding hydrogens is 400 g/mol. The smallest absolute Gasteiger partial charge is 0.163 e. The quantitative estimate of drug-likeness (QED) is 0.531. The van der Waals surface area contributed by atoms with Gasteiger partial charge in [-0.2, -0.15) is 0 Å². The zero-order valence-electron chi connectivity index (χ0n) is 19.4. The number of phenols is 1. The summed E-state index contributed by atoms with van der Waals surface area (Å²) in [5, 5.41) is 13.5. The topological polar surface area (TPSA) is 78.3 Å². The third kappa shape index (κ3) is 4.75. The fourth-order valence-electron chi connectivity index (χ4n) is 4.66.